The second-order valence-electron chi connectivity index (χ2n) is 2.51. The maximum atomic E-state index is 10.5. The molecule has 72 valence electrons. The van der Waals surface area contributed by atoms with E-state index in [4.69, 9.17) is 0 Å². The molecule has 0 aliphatic carbocycles. The van der Waals surface area contributed by atoms with E-state index in [1.165, 1.54) is 0 Å². The van der Waals surface area contributed by atoms with Crippen LogP contribution in [0.25, 0.3) is 0 Å². The predicted molar refractivity (Wildman–Crippen MR) is 45.2 cm³/mol. The van der Waals surface area contributed by atoms with Gasteiger partial charge in [-0.3, -0.25) is 0 Å². The molecule has 0 unspecified atom stereocenters. The Bertz CT molecular complexity index is 395. The number of hydrogen-bond acceptors (Lipinski definition) is 5. The Balaban J connectivity index is 3.03. The van der Waals surface area contributed by atoms with Crippen molar-refractivity contribution in [2.75, 3.05) is 0 Å². The van der Waals surface area contributed by atoms with Gasteiger partial charge < -0.3 is 4.18 Å². The van der Waals surface area contributed by atoms with Crippen molar-refractivity contribution in [2.24, 2.45) is 5.14 Å². The Hall–Kier alpha value is -1.21. The highest BCUT2D eigenvalue weighted by Gasteiger charge is 2.08. The van der Waals surface area contributed by atoms with Crippen LogP contribution in [0.4, 0.5) is 0 Å². The molecule has 0 aliphatic heterocycles. The van der Waals surface area contributed by atoms with Gasteiger partial charge in [0.2, 0.25) is 0 Å². The van der Waals surface area contributed by atoms with Crippen LogP contribution in [0.3, 0.4) is 0 Å². The van der Waals surface area contributed by atoms with Gasteiger partial charge in [0.05, 0.1) is 0 Å². The van der Waals surface area contributed by atoms with Gasteiger partial charge in [0, 0.05) is 11.4 Å². The van der Waals surface area contributed by atoms with Crippen LogP contribution in [0.15, 0.2) is 6.07 Å². The number of nitrogens with two attached hydrogens (primary N) is 1. The minimum absolute atomic E-state index is 0.250. The second kappa shape index (κ2) is 3.27. The first kappa shape index (κ1) is 9.87. The van der Waals surface area contributed by atoms with E-state index in [9.17, 15) is 8.42 Å². The summed E-state index contributed by atoms with van der Waals surface area (Å²) in [7, 11) is -4.04. The molecule has 6 nitrogen and oxygen atoms in total. The van der Waals surface area contributed by atoms with E-state index >= 15 is 0 Å². The molecule has 0 radical (unpaired) electrons. The Morgan fingerprint density at radius 3 is 2.15 bits per heavy atom. The van der Waals surface area contributed by atoms with Crippen LogP contribution >= 0.6 is 0 Å². The van der Waals surface area contributed by atoms with Crippen LogP contribution in [-0.2, 0) is 10.3 Å². The van der Waals surface area contributed by atoms with Crippen LogP contribution < -0.4 is 9.32 Å². The molecule has 0 aromatic carbocycles. The molecule has 0 saturated heterocycles. The van der Waals surface area contributed by atoms with Crippen LogP contribution in [0.2, 0.25) is 0 Å². The van der Waals surface area contributed by atoms with Crippen molar-refractivity contribution >= 4 is 10.3 Å². The van der Waals surface area contributed by atoms with Gasteiger partial charge >= 0.3 is 16.3 Å². The largest absolute Gasteiger partial charge is 0.382 e. The smallest absolute Gasteiger partial charge is 0.331 e. The Labute approximate surface area is 76.0 Å². The molecule has 1 heterocycles. The monoisotopic (exact) mass is 203 g/mol. The first-order valence-corrected chi connectivity index (χ1v) is 4.88. The lowest BCUT2D eigenvalue weighted by Crippen LogP contribution is -2.20. The number of hydrogen-bond donors (Lipinski definition) is 1. The van der Waals surface area contributed by atoms with E-state index in [1.54, 1.807) is 19.9 Å². The Kier molecular flexibility index (Phi) is 2.48. The fraction of sp³-hybridized carbons (Fsp3) is 0.333. The first-order valence-electron chi connectivity index (χ1n) is 3.41. The maximum absolute atomic E-state index is 10.5. The van der Waals surface area contributed by atoms with Crippen molar-refractivity contribution in [1.29, 1.82) is 0 Å². The fourth-order valence-corrected chi connectivity index (χ4v) is 1.12. The van der Waals surface area contributed by atoms with E-state index in [2.05, 4.69) is 19.3 Å². The average Bonchev–Trinajstić information content (AvgIpc) is 1.78. The fourth-order valence-electron chi connectivity index (χ4n) is 0.835. The molecule has 1 aromatic rings. The van der Waals surface area contributed by atoms with Crippen molar-refractivity contribution in [1.82, 2.24) is 9.97 Å². The summed E-state index contributed by atoms with van der Waals surface area (Å²) in [6.07, 6.45) is 0. The highest BCUT2D eigenvalue weighted by molar-refractivity contribution is 7.84. The van der Waals surface area contributed by atoms with Gasteiger partial charge in [-0.2, -0.15) is 23.5 Å². The van der Waals surface area contributed by atoms with Gasteiger partial charge in [0.15, 0.2) is 0 Å². The van der Waals surface area contributed by atoms with Crippen molar-refractivity contribution < 1.29 is 12.6 Å². The second-order valence-corrected chi connectivity index (χ2v) is 3.66. The van der Waals surface area contributed by atoms with E-state index in [0.29, 0.717) is 11.4 Å². The number of rotatable bonds is 2. The number of aryl methyl sites for hydroxylation is 2. The quantitative estimate of drug-likeness (QED) is 0.710. The Morgan fingerprint density at radius 1 is 1.31 bits per heavy atom. The van der Waals surface area contributed by atoms with E-state index in [0.717, 1.165) is 0 Å². The molecule has 2 N–H and O–H groups in total. The van der Waals surface area contributed by atoms with Crippen LogP contribution in [-0.4, -0.2) is 18.4 Å². The van der Waals surface area contributed by atoms with Crippen molar-refractivity contribution in [3.05, 3.63) is 17.5 Å². The van der Waals surface area contributed by atoms with E-state index in [1.807, 2.05) is 0 Å². The van der Waals surface area contributed by atoms with E-state index in [-0.39, 0.29) is 6.01 Å². The average molecular weight is 203 g/mol. The predicted octanol–water partition coefficient (Wildman–Crippen LogP) is -0.324. The summed E-state index contributed by atoms with van der Waals surface area (Å²) in [5.41, 5.74) is 1.23. The van der Waals surface area contributed by atoms with Gasteiger partial charge in [-0.1, -0.05) is 0 Å². The number of aromatic nitrogens is 2. The molecular formula is C6H9N3O3S. The summed E-state index contributed by atoms with van der Waals surface area (Å²) in [6, 6.07) is 1.44. The lowest BCUT2D eigenvalue weighted by atomic mass is 10.4. The lowest BCUT2D eigenvalue weighted by molar-refractivity contribution is 0.463. The van der Waals surface area contributed by atoms with Crippen LogP contribution in [0.5, 0.6) is 6.01 Å². The standard InChI is InChI=1S/C6H9N3O3S/c1-4-3-5(2)9-6(8-4)12-13(7,10)11/h3H,1-2H3,(H2,7,10,11). The SMILES string of the molecule is Cc1cc(C)nc(OS(N)(=O)=O)n1. The summed E-state index contributed by atoms with van der Waals surface area (Å²) < 4.78 is 25.3. The van der Waals surface area contributed by atoms with Gasteiger partial charge in [-0.05, 0) is 19.9 Å². The van der Waals surface area contributed by atoms with Gasteiger partial charge in [-0.15, -0.1) is 0 Å². The zero-order valence-corrected chi connectivity index (χ0v) is 8.00. The van der Waals surface area contributed by atoms with Crippen molar-refractivity contribution in [2.45, 2.75) is 13.8 Å². The summed E-state index contributed by atoms with van der Waals surface area (Å²) >= 11 is 0. The lowest BCUT2D eigenvalue weighted by Gasteiger charge is -2.01. The minimum Gasteiger partial charge on any atom is -0.331 e. The molecule has 0 bridgehead atoms. The molecule has 1 rings (SSSR count). The normalized spacial score (nSPS) is 11.3. The van der Waals surface area contributed by atoms with Gasteiger partial charge in [-0.25, -0.2) is 0 Å². The third kappa shape index (κ3) is 3.34. The number of nitrogens with zero attached hydrogens (tertiary/aromatic N) is 2. The highest BCUT2D eigenvalue weighted by atomic mass is 32.2. The molecular weight excluding hydrogens is 194 g/mol. The summed E-state index contributed by atoms with van der Waals surface area (Å²) in [4.78, 5) is 7.45. The third-order valence-corrected chi connectivity index (χ3v) is 1.53. The topological polar surface area (TPSA) is 95.2 Å². The van der Waals surface area contributed by atoms with Crippen molar-refractivity contribution in [3.63, 3.8) is 0 Å². The summed E-state index contributed by atoms with van der Waals surface area (Å²) in [6.45, 7) is 3.40. The molecule has 0 fully saturated rings. The molecule has 1 aromatic heterocycles. The molecule has 0 atom stereocenters. The zero-order chi connectivity index (χ0) is 10.1. The van der Waals surface area contributed by atoms with Crippen LogP contribution in [0.1, 0.15) is 11.4 Å². The first-order chi connectivity index (χ1) is 5.87. The van der Waals surface area contributed by atoms with Crippen molar-refractivity contribution in [3.8, 4) is 6.01 Å². The highest BCUT2D eigenvalue weighted by Crippen LogP contribution is 2.06. The molecule has 7 heteroatoms. The third-order valence-electron chi connectivity index (χ3n) is 1.15. The summed E-state index contributed by atoms with van der Waals surface area (Å²) in [5.74, 6) is 0. The van der Waals surface area contributed by atoms with Gasteiger partial charge in [0.25, 0.3) is 0 Å². The van der Waals surface area contributed by atoms with Gasteiger partial charge in [0.1, 0.15) is 0 Å². The molecule has 13 heavy (non-hydrogen) atoms. The van der Waals surface area contributed by atoms with E-state index < -0.39 is 10.3 Å². The molecule has 0 saturated carbocycles. The maximum Gasteiger partial charge on any atom is 0.382 e. The zero-order valence-electron chi connectivity index (χ0n) is 7.18. The minimum atomic E-state index is -4.04. The van der Waals surface area contributed by atoms with Crippen LogP contribution in [0, 0.1) is 13.8 Å². The molecule has 0 aliphatic rings. The molecule has 0 amide bonds. The molecule has 0 spiro atoms. The summed E-state index contributed by atoms with van der Waals surface area (Å²) in [5, 5.41) is 4.64. The Morgan fingerprint density at radius 2 is 1.77 bits per heavy atom.